The van der Waals surface area contributed by atoms with Crippen LogP contribution in [0, 0.1) is 12.3 Å². The van der Waals surface area contributed by atoms with E-state index in [2.05, 4.69) is 11.2 Å². The molecule has 0 aromatic heterocycles. The summed E-state index contributed by atoms with van der Waals surface area (Å²) in [7, 11) is 1.70. The third-order valence-electron chi connectivity index (χ3n) is 1.62. The Hall–Kier alpha value is -0.520. The Morgan fingerprint density at radius 3 is 2.64 bits per heavy atom. The van der Waals surface area contributed by atoms with E-state index in [1.54, 1.807) is 7.11 Å². The van der Waals surface area contributed by atoms with Crippen LogP contribution in [0.25, 0.3) is 0 Å². The Labute approximate surface area is 69.3 Å². The van der Waals surface area contributed by atoms with Gasteiger partial charge in [-0.05, 0) is 19.9 Å². The number of hydrogen-bond donors (Lipinski definition) is 1. The summed E-state index contributed by atoms with van der Waals surface area (Å²) in [6.45, 7) is 4.97. The van der Waals surface area contributed by atoms with Gasteiger partial charge in [-0.1, -0.05) is 12.8 Å². The van der Waals surface area contributed by atoms with E-state index in [1.807, 2.05) is 13.8 Å². The molecule has 0 aliphatic heterocycles. The van der Waals surface area contributed by atoms with Crippen molar-refractivity contribution in [3.63, 3.8) is 0 Å². The molecule has 0 rings (SSSR count). The second-order valence-electron chi connectivity index (χ2n) is 2.56. The number of rotatable bonds is 5. The van der Waals surface area contributed by atoms with Crippen LogP contribution in [0.4, 0.5) is 0 Å². The van der Waals surface area contributed by atoms with Crippen LogP contribution in [0.2, 0.25) is 0 Å². The van der Waals surface area contributed by atoms with Gasteiger partial charge in [0, 0.05) is 7.11 Å². The van der Waals surface area contributed by atoms with E-state index < -0.39 is 0 Å². The Morgan fingerprint density at radius 2 is 2.27 bits per heavy atom. The summed E-state index contributed by atoms with van der Waals surface area (Å²) in [5.41, 5.74) is 0. The summed E-state index contributed by atoms with van der Waals surface area (Å²) >= 11 is 0. The Bertz CT molecular complexity index is 128. The van der Waals surface area contributed by atoms with Gasteiger partial charge in [0.2, 0.25) is 0 Å². The zero-order valence-corrected chi connectivity index (χ0v) is 7.55. The molecule has 2 heteroatoms. The maximum atomic E-state index is 5.29. The average molecular weight is 155 g/mol. The maximum absolute atomic E-state index is 5.29. The number of terminal acetylenes is 1. The van der Waals surface area contributed by atoms with Crippen molar-refractivity contribution in [2.75, 3.05) is 13.7 Å². The minimum atomic E-state index is 0.148. The van der Waals surface area contributed by atoms with Gasteiger partial charge in [-0.15, -0.1) is 6.42 Å². The van der Waals surface area contributed by atoms with Crippen molar-refractivity contribution in [3.8, 4) is 12.3 Å². The summed E-state index contributed by atoms with van der Waals surface area (Å²) in [6.07, 6.45) is 6.40. The first-order valence-electron chi connectivity index (χ1n) is 3.96. The van der Waals surface area contributed by atoms with Crippen LogP contribution < -0.4 is 5.32 Å². The molecule has 64 valence electrons. The fourth-order valence-corrected chi connectivity index (χ4v) is 0.885. The lowest BCUT2D eigenvalue weighted by atomic mass is 10.1. The van der Waals surface area contributed by atoms with Crippen molar-refractivity contribution in [2.24, 2.45) is 0 Å². The van der Waals surface area contributed by atoms with E-state index in [9.17, 15) is 0 Å². The first kappa shape index (κ1) is 10.5. The van der Waals surface area contributed by atoms with Crippen molar-refractivity contribution in [1.82, 2.24) is 5.32 Å². The van der Waals surface area contributed by atoms with Crippen LogP contribution in [0.3, 0.4) is 0 Å². The van der Waals surface area contributed by atoms with Gasteiger partial charge in [0.05, 0.1) is 12.1 Å². The average Bonchev–Trinajstić information content (AvgIpc) is 2.03. The number of methoxy groups -OCH3 is 1. The van der Waals surface area contributed by atoms with Gasteiger partial charge >= 0.3 is 0 Å². The highest BCUT2D eigenvalue weighted by Gasteiger charge is 2.07. The zero-order valence-electron chi connectivity index (χ0n) is 7.55. The lowest BCUT2D eigenvalue weighted by molar-refractivity contribution is 0.106. The number of nitrogens with one attached hydrogen (secondary N) is 1. The van der Waals surface area contributed by atoms with Crippen LogP contribution in [-0.2, 0) is 4.74 Å². The van der Waals surface area contributed by atoms with E-state index in [-0.39, 0.29) is 12.1 Å². The molecule has 0 aromatic rings. The minimum absolute atomic E-state index is 0.148. The van der Waals surface area contributed by atoms with Crippen molar-refractivity contribution < 1.29 is 4.74 Å². The normalized spacial score (nSPS) is 15.5. The minimum Gasteiger partial charge on any atom is -0.382 e. The molecular weight excluding hydrogens is 138 g/mol. The fourth-order valence-electron chi connectivity index (χ4n) is 0.885. The van der Waals surface area contributed by atoms with Gasteiger partial charge < -0.3 is 10.1 Å². The molecule has 1 N–H and O–H groups in total. The van der Waals surface area contributed by atoms with Crippen molar-refractivity contribution >= 4 is 0 Å². The van der Waals surface area contributed by atoms with Gasteiger partial charge in [0.1, 0.15) is 0 Å². The molecule has 0 heterocycles. The molecular formula is C9H17NO. The molecule has 2 atom stereocenters. The molecule has 0 aliphatic rings. The van der Waals surface area contributed by atoms with Crippen LogP contribution in [-0.4, -0.2) is 25.8 Å². The monoisotopic (exact) mass is 155 g/mol. The predicted molar refractivity (Wildman–Crippen MR) is 47.4 cm³/mol. The maximum Gasteiger partial charge on any atom is 0.0711 e. The molecule has 2 unspecified atom stereocenters. The summed E-state index contributed by atoms with van der Waals surface area (Å²) in [5.74, 6) is 2.68. The largest absolute Gasteiger partial charge is 0.382 e. The second-order valence-corrected chi connectivity index (χ2v) is 2.56. The van der Waals surface area contributed by atoms with Crippen molar-refractivity contribution in [2.45, 2.75) is 32.4 Å². The smallest absolute Gasteiger partial charge is 0.0711 e. The highest BCUT2D eigenvalue weighted by molar-refractivity contribution is 4.99. The molecule has 0 bridgehead atoms. The Kier molecular flexibility index (Phi) is 5.91. The first-order chi connectivity index (χ1) is 5.24. The van der Waals surface area contributed by atoms with Gasteiger partial charge in [-0.3, -0.25) is 0 Å². The second kappa shape index (κ2) is 6.21. The lowest BCUT2D eigenvalue weighted by Crippen LogP contribution is -2.30. The van der Waals surface area contributed by atoms with Gasteiger partial charge in [-0.2, -0.15) is 0 Å². The molecule has 0 aliphatic carbocycles. The van der Waals surface area contributed by atoms with Crippen LogP contribution in [0.1, 0.15) is 20.3 Å². The topological polar surface area (TPSA) is 21.3 Å². The molecule has 0 spiro atoms. The molecule has 0 saturated heterocycles. The predicted octanol–water partition coefficient (Wildman–Crippen LogP) is 1.02. The first-order valence-corrected chi connectivity index (χ1v) is 3.96. The number of hydrogen-bond acceptors (Lipinski definition) is 2. The molecule has 0 aromatic carbocycles. The summed E-state index contributed by atoms with van der Waals surface area (Å²) in [5, 5.41) is 3.18. The summed E-state index contributed by atoms with van der Waals surface area (Å²) in [4.78, 5) is 0. The molecule has 0 amide bonds. The lowest BCUT2D eigenvalue weighted by Gasteiger charge is -2.15. The highest BCUT2D eigenvalue weighted by Crippen LogP contribution is 1.99. The van der Waals surface area contributed by atoms with E-state index >= 15 is 0 Å². The van der Waals surface area contributed by atoms with E-state index in [1.165, 1.54) is 0 Å². The summed E-state index contributed by atoms with van der Waals surface area (Å²) in [6, 6.07) is 0.148. The molecule has 11 heavy (non-hydrogen) atoms. The van der Waals surface area contributed by atoms with Crippen LogP contribution in [0.5, 0.6) is 0 Å². The van der Waals surface area contributed by atoms with Crippen molar-refractivity contribution in [3.05, 3.63) is 0 Å². The standard InChI is InChI=1S/C9H17NO/c1-5-9(10-6-2)7-8(3)11-4/h1,8-10H,6-7H2,2-4H3. The van der Waals surface area contributed by atoms with E-state index in [0.29, 0.717) is 0 Å². The van der Waals surface area contributed by atoms with Crippen molar-refractivity contribution in [1.29, 1.82) is 0 Å². The van der Waals surface area contributed by atoms with Crippen LogP contribution in [0.15, 0.2) is 0 Å². The van der Waals surface area contributed by atoms with Crippen LogP contribution >= 0.6 is 0 Å². The Morgan fingerprint density at radius 1 is 1.64 bits per heavy atom. The SMILES string of the molecule is C#CC(CC(C)OC)NCC. The van der Waals surface area contributed by atoms with Gasteiger partial charge in [0.25, 0.3) is 0 Å². The highest BCUT2D eigenvalue weighted by atomic mass is 16.5. The molecule has 0 saturated carbocycles. The van der Waals surface area contributed by atoms with Gasteiger partial charge in [0.15, 0.2) is 0 Å². The van der Waals surface area contributed by atoms with E-state index in [4.69, 9.17) is 11.2 Å². The zero-order chi connectivity index (χ0) is 8.69. The quantitative estimate of drug-likeness (QED) is 0.599. The molecule has 0 fully saturated rings. The Balaban J connectivity index is 3.61. The third kappa shape index (κ3) is 4.83. The number of ether oxygens (including phenoxy) is 1. The molecule has 2 nitrogen and oxygen atoms in total. The fraction of sp³-hybridized carbons (Fsp3) is 0.778. The van der Waals surface area contributed by atoms with E-state index in [0.717, 1.165) is 13.0 Å². The summed E-state index contributed by atoms with van der Waals surface area (Å²) < 4.78 is 5.09. The third-order valence-corrected chi connectivity index (χ3v) is 1.62. The molecule has 0 radical (unpaired) electrons. The van der Waals surface area contributed by atoms with Gasteiger partial charge in [-0.25, -0.2) is 0 Å².